The van der Waals surface area contributed by atoms with Crippen LogP contribution in [0.4, 0.5) is 11.5 Å². The molecule has 1 aliphatic rings. The average Bonchev–Trinajstić information content (AvgIpc) is 3.00. The number of nitrogens with one attached hydrogen (secondary N) is 1. The van der Waals surface area contributed by atoms with Crippen LogP contribution in [0.3, 0.4) is 0 Å². The standard InChI is InChI=1S/C13H14N4O2/c1-2-10-9-7-8-14-13(9)16(15-10)11-5-3-4-6-12(11)17(18)19/h3-6,14H,2,7-8H2,1H3. The lowest BCUT2D eigenvalue weighted by molar-refractivity contribution is -0.384. The van der Waals surface area contributed by atoms with Gasteiger partial charge >= 0.3 is 0 Å². The summed E-state index contributed by atoms with van der Waals surface area (Å²) in [4.78, 5) is 10.7. The highest BCUT2D eigenvalue weighted by molar-refractivity contribution is 5.61. The Labute approximate surface area is 110 Å². The van der Waals surface area contributed by atoms with Crippen molar-refractivity contribution < 1.29 is 4.92 Å². The molecule has 0 saturated carbocycles. The molecule has 6 heteroatoms. The Morgan fingerprint density at radius 1 is 1.47 bits per heavy atom. The molecule has 1 aromatic heterocycles. The number of nitro benzene ring substituents is 1. The molecule has 3 rings (SSSR count). The highest BCUT2D eigenvalue weighted by Gasteiger charge is 2.25. The fraction of sp³-hybridized carbons (Fsp3) is 0.308. The Bertz CT molecular complexity index is 648. The predicted molar refractivity (Wildman–Crippen MR) is 71.8 cm³/mol. The minimum Gasteiger partial charge on any atom is -0.369 e. The minimum absolute atomic E-state index is 0.0733. The molecule has 2 aromatic rings. The molecule has 0 radical (unpaired) electrons. The molecule has 0 fully saturated rings. The van der Waals surface area contributed by atoms with Gasteiger partial charge in [0.1, 0.15) is 11.5 Å². The third kappa shape index (κ3) is 1.76. The van der Waals surface area contributed by atoms with Crippen molar-refractivity contribution in [1.29, 1.82) is 0 Å². The van der Waals surface area contributed by atoms with Crippen LogP contribution in [-0.4, -0.2) is 21.2 Å². The van der Waals surface area contributed by atoms with Crippen LogP contribution in [-0.2, 0) is 12.8 Å². The summed E-state index contributed by atoms with van der Waals surface area (Å²) in [5.74, 6) is 0.895. The van der Waals surface area contributed by atoms with Gasteiger partial charge in [0.05, 0.1) is 10.6 Å². The molecule has 0 bridgehead atoms. The van der Waals surface area contributed by atoms with E-state index in [4.69, 9.17) is 0 Å². The number of hydrogen-bond acceptors (Lipinski definition) is 4. The summed E-state index contributed by atoms with van der Waals surface area (Å²) in [5.41, 5.74) is 2.78. The number of fused-ring (bicyclic) bond motifs is 1. The first kappa shape index (κ1) is 11.7. The second-order valence-electron chi connectivity index (χ2n) is 4.46. The first-order chi connectivity index (χ1) is 9.22. The fourth-order valence-electron chi connectivity index (χ4n) is 2.50. The zero-order valence-corrected chi connectivity index (χ0v) is 10.6. The van der Waals surface area contributed by atoms with Crippen molar-refractivity contribution in [2.45, 2.75) is 19.8 Å². The van der Waals surface area contributed by atoms with Gasteiger partial charge in [0.2, 0.25) is 0 Å². The highest BCUT2D eigenvalue weighted by atomic mass is 16.6. The molecule has 0 aliphatic carbocycles. The van der Waals surface area contributed by atoms with E-state index in [1.807, 2.05) is 6.92 Å². The third-order valence-corrected chi connectivity index (χ3v) is 3.38. The van der Waals surface area contributed by atoms with Gasteiger partial charge in [0.15, 0.2) is 0 Å². The Balaban J connectivity index is 2.21. The zero-order chi connectivity index (χ0) is 13.4. The van der Waals surface area contributed by atoms with Gasteiger partial charge in [-0.15, -0.1) is 0 Å². The average molecular weight is 258 g/mol. The number of benzene rings is 1. The van der Waals surface area contributed by atoms with Gasteiger partial charge in [-0.25, -0.2) is 4.68 Å². The van der Waals surface area contributed by atoms with Crippen LogP contribution in [0, 0.1) is 10.1 Å². The summed E-state index contributed by atoms with van der Waals surface area (Å²) in [6.45, 7) is 2.91. The van der Waals surface area contributed by atoms with Crippen LogP contribution in [0.5, 0.6) is 0 Å². The lowest BCUT2D eigenvalue weighted by Gasteiger charge is -2.06. The lowest BCUT2D eigenvalue weighted by Crippen LogP contribution is -2.07. The van der Waals surface area contributed by atoms with Crippen LogP contribution in [0.15, 0.2) is 24.3 Å². The number of aromatic nitrogens is 2. The van der Waals surface area contributed by atoms with E-state index in [-0.39, 0.29) is 10.6 Å². The summed E-state index contributed by atoms with van der Waals surface area (Å²) in [7, 11) is 0. The minimum atomic E-state index is -0.371. The van der Waals surface area contributed by atoms with Crippen molar-refractivity contribution in [3.8, 4) is 5.69 Å². The number of nitro groups is 1. The summed E-state index contributed by atoms with van der Waals surface area (Å²) < 4.78 is 1.67. The third-order valence-electron chi connectivity index (χ3n) is 3.38. The molecule has 0 unspecified atom stereocenters. The molecule has 6 nitrogen and oxygen atoms in total. The monoisotopic (exact) mass is 258 g/mol. The van der Waals surface area contributed by atoms with Crippen molar-refractivity contribution in [3.05, 3.63) is 45.6 Å². The smallest absolute Gasteiger partial charge is 0.294 e. The second kappa shape index (κ2) is 4.38. The Hall–Kier alpha value is -2.37. The van der Waals surface area contributed by atoms with E-state index in [1.165, 1.54) is 11.6 Å². The second-order valence-corrected chi connectivity index (χ2v) is 4.46. The Morgan fingerprint density at radius 2 is 2.26 bits per heavy atom. The van der Waals surface area contributed by atoms with Gasteiger partial charge in [0.25, 0.3) is 5.69 Å². The molecule has 1 N–H and O–H groups in total. The van der Waals surface area contributed by atoms with E-state index in [9.17, 15) is 10.1 Å². The molecule has 98 valence electrons. The van der Waals surface area contributed by atoms with Crippen molar-refractivity contribution in [2.75, 3.05) is 11.9 Å². The van der Waals surface area contributed by atoms with Crippen molar-refractivity contribution in [1.82, 2.24) is 9.78 Å². The van der Waals surface area contributed by atoms with Crippen molar-refractivity contribution in [2.24, 2.45) is 0 Å². The Kier molecular flexibility index (Phi) is 2.70. The SMILES string of the molecule is CCc1nn(-c2ccccc2[N+](=O)[O-])c2c1CCN2. The zero-order valence-electron chi connectivity index (χ0n) is 10.6. The summed E-state index contributed by atoms with van der Waals surface area (Å²) in [5, 5.41) is 18.9. The number of anilines is 1. The van der Waals surface area contributed by atoms with E-state index in [2.05, 4.69) is 10.4 Å². The number of aryl methyl sites for hydroxylation is 1. The van der Waals surface area contributed by atoms with Crippen LogP contribution in [0.2, 0.25) is 0 Å². The maximum Gasteiger partial charge on any atom is 0.294 e. The normalized spacial score (nSPS) is 13.1. The maximum absolute atomic E-state index is 11.1. The first-order valence-electron chi connectivity index (χ1n) is 6.30. The Morgan fingerprint density at radius 3 is 3.00 bits per heavy atom. The maximum atomic E-state index is 11.1. The van der Waals surface area contributed by atoms with Gasteiger partial charge in [-0.3, -0.25) is 10.1 Å². The quantitative estimate of drug-likeness (QED) is 0.677. The molecule has 0 spiro atoms. The van der Waals surface area contributed by atoms with Gasteiger partial charge in [-0.1, -0.05) is 19.1 Å². The molecule has 1 aromatic carbocycles. The van der Waals surface area contributed by atoms with Gasteiger partial charge < -0.3 is 5.32 Å². The number of para-hydroxylation sites is 2. The molecule has 19 heavy (non-hydrogen) atoms. The molecular weight excluding hydrogens is 244 g/mol. The van der Waals surface area contributed by atoms with Gasteiger partial charge in [-0.2, -0.15) is 5.10 Å². The van der Waals surface area contributed by atoms with E-state index < -0.39 is 0 Å². The van der Waals surface area contributed by atoms with Crippen LogP contribution in [0.25, 0.3) is 5.69 Å². The van der Waals surface area contributed by atoms with Crippen LogP contribution >= 0.6 is 0 Å². The molecule has 0 atom stereocenters. The lowest BCUT2D eigenvalue weighted by atomic mass is 10.2. The topological polar surface area (TPSA) is 73.0 Å². The van der Waals surface area contributed by atoms with E-state index >= 15 is 0 Å². The highest BCUT2D eigenvalue weighted by Crippen LogP contribution is 2.32. The number of hydrogen-bond donors (Lipinski definition) is 1. The largest absolute Gasteiger partial charge is 0.369 e. The van der Waals surface area contributed by atoms with Crippen molar-refractivity contribution in [3.63, 3.8) is 0 Å². The summed E-state index contributed by atoms with van der Waals surface area (Å²) in [6.07, 6.45) is 1.76. The van der Waals surface area contributed by atoms with Crippen molar-refractivity contribution >= 4 is 11.5 Å². The summed E-state index contributed by atoms with van der Waals surface area (Å²) in [6, 6.07) is 6.69. The van der Waals surface area contributed by atoms with Gasteiger partial charge in [-0.05, 0) is 18.9 Å². The predicted octanol–water partition coefficient (Wildman–Crippen LogP) is 2.31. The fourth-order valence-corrected chi connectivity index (χ4v) is 2.50. The molecule has 2 heterocycles. The van der Waals surface area contributed by atoms with E-state index in [0.29, 0.717) is 5.69 Å². The molecule has 0 saturated heterocycles. The van der Waals surface area contributed by atoms with Crippen LogP contribution < -0.4 is 5.32 Å². The number of nitrogens with zero attached hydrogens (tertiary/aromatic N) is 3. The van der Waals surface area contributed by atoms with Gasteiger partial charge in [0, 0.05) is 18.2 Å². The van der Waals surface area contributed by atoms with E-state index in [0.717, 1.165) is 30.9 Å². The van der Waals surface area contributed by atoms with Crippen LogP contribution in [0.1, 0.15) is 18.2 Å². The molecule has 1 aliphatic heterocycles. The van der Waals surface area contributed by atoms with E-state index in [1.54, 1.807) is 22.9 Å². The molecular formula is C13H14N4O2. The molecule has 0 amide bonds. The number of rotatable bonds is 3. The summed E-state index contributed by atoms with van der Waals surface area (Å²) >= 11 is 0. The first-order valence-corrected chi connectivity index (χ1v) is 6.30.